The van der Waals surface area contributed by atoms with Crippen LogP contribution in [0.25, 0.3) is 0 Å². The van der Waals surface area contributed by atoms with Crippen molar-refractivity contribution in [1.29, 1.82) is 0 Å². The first kappa shape index (κ1) is 24.1. The Morgan fingerprint density at radius 2 is 1.60 bits per heavy atom. The van der Waals surface area contributed by atoms with Gasteiger partial charge in [-0.2, -0.15) is 0 Å². The highest BCUT2D eigenvalue weighted by molar-refractivity contribution is 7.60. The summed E-state index contributed by atoms with van der Waals surface area (Å²) in [7, 11) is -5.64. The molecular weight excluding hydrogens is 423 g/mol. The molecule has 0 aliphatic carbocycles. The van der Waals surface area contributed by atoms with Crippen molar-refractivity contribution >= 4 is 26.9 Å². The molecular formula is C21H29O7PSi. The monoisotopic (exact) mass is 452 g/mol. The number of hydrogen-bond acceptors (Lipinski definition) is 5. The van der Waals surface area contributed by atoms with Crippen LogP contribution in [-0.4, -0.2) is 36.5 Å². The van der Waals surface area contributed by atoms with E-state index in [1.54, 1.807) is 18.2 Å². The van der Waals surface area contributed by atoms with E-state index < -0.39 is 21.6 Å². The van der Waals surface area contributed by atoms with Gasteiger partial charge in [-0.15, -0.1) is 0 Å². The Labute approximate surface area is 178 Å². The average molecular weight is 453 g/mol. The number of rotatable bonds is 9. The first-order valence-electron chi connectivity index (χ1n) is 9.66. The molecule has 0 amide bonds. The molecule has 2 aromatic rings. The van der Waals surface area contributed by atoms with Crippen LogP contribution in [-0.2, 0) is 9.30 Å². The molecule has 0 unspecified atom stereocenters. The normalized spacial score (nSPS) is 12.0. The molecule has 0 heterocycles. The molecule has 7 nitrogen and oxygen atoms in total. The Bertz CT molecular complexity index is 914. The van der Waals surface area contributed by atoms with Crippen molar-refractivity contribution in [3.63, 3.8) is 0 Å². The molecule has 0 saturated heterocycles. The van der Waals surface area contributed by atoms with Gasteiger partial charge in [0.25, 0.3) is 0 Å². The summed E-state index contributed by atoms with van der Waals surface area (Å²) in [4.78, 5) is 31.0. The molecule has 30 heavy (non-hydrogen) atoms. The summed E-state index contributed by atoms with van der Waals surface area (Å²) in [6.07, 6.45) is -0.0986. The van der Waals surface area contributed by atoms with Gasteiger partial charge in [0.2, 0.25) is 0 Å². The first-order valence-corrected chi connectivity index (χ1v) is 15.0. The number of hydrogen-bond donors (Lipinski definition) is 2. The number of ether oxygens (including phenoxy) is 3. The minimum Gasteiger partial charge on any atom is -0.491 e. The zero-order valence-electron chi connectivity index (χ0n) is 17.9. The molecule has 0 aliphatic rings. The largest absolute Gasteiger partial charge is 0.491 e. The van der Waals surface area contributed by atoms with Crippen LogP contribution >= 0.6 is 7.60 Å². The zero-order chi connectivity index (χ0) is 22.5. The highest BCUT2D eigenvalue weighted by Crippen LogP contribution is 2.34. The van der Waals surface area contributed by atoms with E-state index in [0.717, 1.165) is 6.04 Å². The average Bonchev–Trinajstić information content (AvgIpc) is 2.59. The van der Waals surface area contributed by atoms with Crippen molar-refractivity contribution in [1.82, 2.24) is 0 Å². The number of esters is 1. The molecule has 0 fully saturated rings. The summed E-state index contributed by atoms with van der Waals surface area (Å²) >= 11 is 0. The Kier molecular flexibility index (Phi) is 7.88. The summed E-state index contributed by atoms with van der Waals surface area (Å²) in [5.41, 5.74) is 0.311. The third kappa shape index (κ3) is 7.95. The van der Waals surface area contributed by atoms with Gasteiger partial charge in [-0.05, 0) is 56.3 Å². The lowest BCUT2D eigenvalue weighted by atomic mass is 10.2. The van der Waals surface area contributed by atoms with Gasteiger partial charge in [-0.25, -0.2) is 4.79 Å². The van der Waals surface area contributed by atoms with Gasteiger partial charge in [0.1, 0.15) is 17.2 Å². The topological polar surface area (TPSA) is 102 Å². The van der Waals surface area contributed by atoms with Crippen LogP contribution in [0.15, 0.2) is 42.5 Å². The standard InChI is InChI=1S/C21H29O7PSi/c1-15(2)27-18-12-16(21(22)26-10-11-30(3,4)5)13-19(14-18)28-17-6-8-20(9-7-17)29(23,24)25/h6-9,12-15H,10-11H2,1-5H3,(H2,23,24,25). The third-order valence-corrected chi connectivity index (χ3v) is 6.66. The second-order valence-corrected chi connectivity index (χ2v) is 15.7. The minimum atomic E-state index is -4.32. The first-order chi connectivity index (χ1) is 13.8. The van der Waals surface area contributed by atoms with Crippen LogP contribution in [0.2, 0.25) is 25.7 Å². The molecule has 164 valence electrons. The Hall–Kier alpha value is -2.12. The third-order valence-electron chi connectivity index (χ3n) is 3.98. The van der Waals surface area contributed by atoms with Gasteiger partial charge >= 0.3 is 13.6 Å². The van der Waals surface area contributed by atoms with Crippen molar-refractivity contribution in [3.05, 3.63) is 48.0 Å². The van der Waals surface area contributed by atoms with Crippen LogP contribution < -0.4 is 14.8 Å². The van der Waals surface area contributed by atoms with Crippen LogP contribution in [0.4, 0.5) is 0 Å². The Morgan fingerprint density at radius 3 is 2.13 bits per heavy atom. The van der Waals surface area contributed by atoms with E-state index in [4.69, 9.17) is 14.2 Å². The predicted octanol–water partition coefficient (Wildman–Crippen LogP) is 4.56. The van der Waals surface area contributed by atoms with E-state index in [2.05, 4.69) is 19.6 Å². The van der Waals surface area contributed by atoms with Crippen LogP contribution in [0.1, 0.15) is 24.2 Å². The van der Waals surface area contributed by atoms with Crippen molar-refractivity contribution < 1.29 is 33.4 Å². The summed E-state index contributed by atoms with van der Waals surface area (Å²) in [6.45, 7) is 10.7. The second-order valence-electron chi connectivity index (χ2n) is 8.45. The maximum absolute atomic E-state index is 12.5. The summed E-state index contributed by atoms with van der Waals surface area (Å²) in [5.74, 6) is 0.733. The second kappa shape index (κ2) is 9.79. The molecule has 0 bridgehead atoms. The SMILES string of the molecule is CC(C)Oc1cc(Oc2ccc(P(=O)(O)O)cc2)cc(C(=O)OCC[Si](C)(C)C)c1. The molecule has 2 rings (SSSR count). The van der Waals surface area contributed by atoms with Crippen LogP contribution in [0.5, 0.6) is 17.2 Å². The van der Waals surface area contributed by atoms with Gasteiger partial charge in [0.15, 0.2) is 0 Å². The van der Waals surface area contributed by atoms with E-state index in [1.165, 1.54) is 24.3 Å². The zero-order valence-corrected chi connectivity index (χ0v) is 19.8. The molecule has 2 N–H and O–H groups in total. The van der Waals surface area contributed by atoms with Crippen molar-refractivity contribution in [2.75, 3.05) is 6.61 Å². The Balaban J connectivity index is 2.22. The van der Waals surface area contributed by atoms with Gasteiger partial charge in [0.05, 0.1) is 23.6 Å². The maximum Gasteiger partial charge on any atom is 0.356 e. The number of carbonyl (C=O) groups is 1. The van der Waals surface area contributed by atoms with Crippen LogP contribution in [0, 0.1) is 0 Å². The highest BCUT2D eigenvalue weighted by Gasteiger charge is 2.18. The quantitative estimate of drug-likeness (QED) is 0.327. The van der Waals surface area contributed by atoms with Gasteiger partial charge < -0.3 is 24.0 Å². The Morgan fingerprint density at radius 1 is 1.00 bits per heavy atom. The summed E-state index contributed by atoms with van der Waals surface area (Å²) in [6, 6.07) is 11.2. The van der Waals surface area contributed by atoms with E-state index in [1.807, 2.05) is 13.8 Å². The van der Waals surface area contributed by atoms with Crippen molar-refractivity contribution in [3.8, 4) is 17.2 Å². The van der Waals surface area contributed by atoms with Crippen LogP contribution in [0.3, 0.4) is 0 Å². The molecule has 0 spiro atoms. The fourth-order valence-electron chi connectivity index (χ4n) is 2.47. The summed E-state index contributed by atoms with van der Waals surface area (Å²) in [5, 5.41) is -0.0987. The lowest BCUT2D eigenvalue weighted by Crippen LogP contribution is -2.22. The summed E-state index contributed by atoms with van der Waals surface area (Å²) < 4.78 is 28.2. The smallest absolute Gasteiger partial charge is 0.356 e. The minimum absolute atomic E-state index is 0.0986. The van der Waals surface area contributed by atoms with E-state index in [-0.39, 0.29) is 11.4 Å². The molecule has 0 saturated carbocycles. The highest BCUT2D eigenvalue weighted by atomic mass is 31.2. The van der Waals surface area contributed by atoms with Gasteiger partial charge in [-0.3, -0.25) is 4.57 Å². The molecule has 9 heteroatoms. The fourth-order valence-corrected chi connectivity index (χ4v) is 3.72. The van der Waals surface area contributed by atoms with Crippen molar-refractivity contribution in [2.24, 2.45) is 0 Å². The number of benzene rings is 2. The van der Waals surface area contributed by atoms with E-state index >= 15 is 0 Å². The fraction of sp³-hybridized carbons (Fsp3) is 0.381. The lowest BCUT2D eigenvalue weighted by molar-refractivity contribution is 0.0524. The molecule has 0 atom stereocenters. The lowest BCUT2D eigenvalue weighted by Gasteiger charge is -2.16. The van der Waals surface area contributed by atoms with Crippen molar-refractivity contribution in [2.45, 2.75) is 45.6 Å². The van der Waals surface area contributed by atoms with E-state index in [9.17, 15) is 19.1 Å². The van der Waals surface area contributed by atoms with Gasteiger partial charge in [-0.1, -0.05) is 19.6 Å². The molecule has 2 aromatic carbocycles. The maximum atomic E-state index is 12.5. The predicted molar refractivity (Wildman–Crippen MR) is 119 cm³/mol. The molecule has 0 aromatic heterocycles. The van der Waals surface area contributed by atoms with Gasteiger partial charge in [0, 0.05) is 14.1 Å². The molecule has 0 aliphatic heterocycles. The van der Waals surface area contributed by atoms with E-state index in [0.29, 0.717) is 29.4 Å². The molecule has 0 radical (unpaired) electrons. The number of carbonyl (C=O) groups excluding carboxylic acids is 1.